The van der Waals surface area contributed by atoms with Crippen molar-refractivity contribution in [2.24, 2.45) is 5.92 Å². The molecular weight excluding hydrogens is 174 g/mol. The molecule has 1 fully saturated rings. The van der Waals surface area contributed by atoms with Crippen LogP contribution in [0.15, 0.2) is 12.4 Å². The smallest absolute Gasteiger partial charge is 0.129 e. The molecule has 1 aromatic heterocycles. The van der Waals surface area contributed by atoms with Gasteiger partial charge in [0.2, 0.25) is 0 Å². The molecule has 1 saturated carbocycles. The maximum Gasteiger partial charge on any atom is 0.129 e. The maximum atomic E-state index is 4.20. The maximum absolute atomic E-state index is 4.20. The van der Waals surface area contributed by atoms with Crippen LogP contribution in [0.1, 0.15) is 31.9 Å². The van der Waals surface area contributed by atoms with Gasteiger partial charge in [-0.25, -0.2) is 9.97 Å². The molecule has 0 radical (unpaired) electrons. The minimum Gasteiger partial charge on any atom is -0.370 e. The lowest BCUT2D eigenvalue weighted by molar-refractivity contribution is 0.333. The molecule has 2 rings (SSSR count). The zero-order valence-corrected chi connectivity index (χ0v) is 8.66. The second kappa shape index (κ2) is 4.40. The Morgan fingerprint density at radius 3 is 2.93 bits per heavy atom. The highest BCUT2D eigenvalue weighted by Gasteiger charge is 2.16. The molecule has 0 unspecified atom stereocenters. The Balaban J connectivity index is 1.87. The highest BCUT2D eigenvalue weighted by atomic mass is 15.0. The molecule has 0 aromatic carbocycles. The summed E-state index contributed by atoms with van der Waals surface area (Å²) in [7, 11) is 0. The molecule has 0 bridgehead atoms. The van der Waals surface area contributed by atoms with Gasteiger partial charge in [0.05, 0.1) is 0 Å². The van der Waals surface area contributed by atoms with E-state index in [2.05, 4.69) is 22.2 Å². The number of nitrogens with zero attached hydrogens (tertiary/aromatic N) is 2. The van der Waals surface area contributed by atoms with Crippen LogP contribution in [0, 0.1) is 5.92 Å². The predicted molar refractivity (Wildman–Crippen MR) is 57.2 cm³/mol. The molecule has 76 valence electrons. The van der Waals surface area contributed by atoms with Gasteiger partial charge in [-0.3, -0.25) is 0 Å². The van der Waals surface area contributed by atoms with E-state index >= 15 is 0 Å². The zero-order chi connectivity index (χ0) is 9.80. The second-order valence-electron chi connectivity index (χ2n) is 3.93. The van der Waals surface area contributed by atoms with Crippen LogP contribution < -0.4 is 5.32 Å². The number of aryl methyl sites for hydroxylation is 1. The average molecular weight is 191 g/mol. The Labute approximate surface area is 85.0 Å². The summed E-state index contributed by atoms with van der Waals surface area (Å²) in [6, 6.07) is 2.04. The third kappa shape index (κ3) is 2.22. The van der Waals surface area contributed by atoms with E-state index in [0.29, 0.717) is 0 Å². The monoisotopic (exact) mass is 191 g/mol. The van der Waals surface area contributed by atoms with E-state index in [-0.39, 0.29) is 0 Å². The van der Waals surface area contributed by atoms with Gasteiger partial charge in [0, 0.05) is 18.3 Å². The van der Waals surface area contributed by atoms with Crippen molar-refractivity contribution in [3.8, 4) is 0 Å². The van der Waals surface area contributed by atoms with Crippen LogP contribution in [0.3, 0.4) is 0 Å². The normalized spacial score (nSPS) is 16.4. The number of hydrogen-bond donors (Lipinski definition) is 1. The average Bonchev–Trinajstić information content (AvgIpc) is 2.16. The van der Waals surface area contributed by atoms with Crippen molar-refractivity contribution < 1.29 is 0 Å². The van der Waals surface area contributed by atoms with Crippen molar-refractivity contribution in [1.29, 1.82) is 0 Å². The molecule has 0 aliphatic heterocycles. The number of anilines is 1. The molecule has 14 heavy (non-hydrogen) atoms. The van der Waals surface area contributed by atoms with Gasteiger partial charge < -0.3 is 5.32 Å². The van der Waals surface area contributed by atoms with E-state index < -0.39 is 0 Å². The van der Waals surface area contributed by atoms with Crippen molar-refractivity contribution in [3.63, 3.8) is 0 Å². The van der Waals surface area contributed by atoms with Crippen LogP contribution in [-0.4, -0.2) is 16.5 Å². The van der Waals surface area contributed by atoms with Crippen molar-refractivity contribution in [1.82, 2.24) is 9.97 Å². The number of rotatable bonds is 4. The van der Waals surface area contributed by atoms with E-state index in [9.17, 15) is 0 Å². The fraction of sp³-hybridized carbons (Fsp3) is 0.636. The summed E-state index contributed by atoms with van der Waals surface area (Å²) in [5.41, 5.74) is 1.11. The van der Waals surface area contributed by atoms with E-state index in [1.54, 1.807) is 6.33 Å². The lowest BCUT2D eigenvalue weighted by atomic mass is 9.85. The van der Waals surface area contributed by atoms with Crippen LogP contribution >= 0.6 is 0 Å². The zero-order valence-electron chi connectivity index (χ0n) is 8.66. The Hall–Kier alpha value is -1.12. The highest BCUT2D eigenvalue weighted by molar-refractivity contribution is 5.34. The SMILES string of the molecule is CCc1cc(NCC2CCC2)ncn1. The van der Waals surface area contributed by atoms with Crippen molar-refractivity contribution in [2.45, 2.75) is 32.6 Å². The summed E-state index contributed by atoms with van der Waals surface area (Å²) in [4.78, 5) is 8.36. The molecule has 0 spiro atoms. The van der Waals surface area contributed by atoms with Crippen LogP contribution in [-0.2, 0) is 6.42 Å². The summed E-state index contributed by atoms with van der Waals surface area (Å²) < 4.78 is 0. The first-order valence-corrected chi connectivity index (χ1v) is 5.43. The van der Waals surface area contributed by atoms with Crippen molar-refractivity contribution in [2.75, 3.05) is 11.9 Å². The lowest BCUT2D eigenvalue weighted by Crippen LogP contribution is -2.21. The molecule has 1 aliphatic rings. The van der Waals surface area contributed by atoms with E-state index in [1.807, 2.05) is 6.07 Å². The topological polar surface area (TPSA) is 37.8 Å². The molecule has 1 aromatic rings. The first-order valence-electron chi connectivity index (χ1n) is 5.43. The largest absolute Gasteiger partial charge is 0.370 e. The number of nitrogens with one attached hydrogen (secondary N) is 1. The fourth-order valence-corrected chi connectivity index (χ4v) is 1.63. The molecule has 3 heteroatoms. The van der Waals surface area contributed by atoms with Gasteiger partial charge in [0.15, 0.2) is 0 Å². The predicted octanol–water partition coefficient (Wildman–Crippen LogP) is 2.25. The Morgan fingerprint density at radius 1 is 1.43 bits per heavy atom. The van der Waals surface area contributed by atoms with Gasteiger partial charge in [-0.1, -0.05) is 13.3 Å². The van der Waals surface area contributed by atoms with Gasteiger partial charge in [-0.15, -0.1) is 0 Å². The number of aromatic nitrogens is 2. The highest BCUT2D eigenvalue weighted by Crippen LogP contribution is 2.26. The molecule has 0 atom stereocenters. The minimum absolute atomic E-state index is 0.870. The summed E-state index contributed by atoms with van der Waals surface area (Å²) >= 11 is 0. The molecule has 1 N–H and O–H groups in total. The van der Waals surface area contributed by atoms with E-state index in [4.69, 9.17) is 0 Å². The van der Waals surface area contributed by atoms with Gasteiger partial charge >= 0.3 is 0 Å². The first-order chi connectivity index (χ1) is 6.88. The van der Waals surface area contributed by atoms with Crippen molar-refractivity contribution in [3.05, 3.63) is 18.1 Å². The van der Waals surface area contributed by atoms with Crippen LogP contribution in [0.25, 0.3) is 0 Å². The molecule has 0 amide bonds. The van der Waals surface area contributed by atoms with Crippen LogP contribution in [0.4, 0.5) is 5.82 Å². The van der Waals surface area contributed by atoms with Gasteiger partial charge in [0.25, 0.3) is 0 Å². The van der Waals surface area contributed by atoms with Gasteiger partial charge in [0.1, 0.15) is 12.1 Å². The quantitative estimate of drug-likeness (QED) is 0.793. The first kappa shape index (κ1) is 9.44. The minimum atomic E-state index is 0.870. The molecule has 3 nitrogen and oxygen atoms in total. The van der Waals surface area contributed by atoms with Gasteiger partial charge in [-0.05, 0) is 25.2 Å². The third-order valence-corrected chi connectivity index (χ3v) is 2.88. The lowest BCUT2D eigenvalue weighted by Gasteiger charge is -2.25. The fourth-order valence-electron chi connectivity index (χ4n) is 1.63. The second-order valence-corrected chi connectivity index (χ2v) is 3.93. The summed E-state index contributed by atoms with van der Waals surface area (Å²) in [5.74, 6) is 1.85. The van der Waals surface area contributed by atoms with Gasteiger partial charge in [-0.2, -0.15) is 0 Å². The van der Waals surface area contributed by atoms with Crippen LogP contribution in [0.2, 0.25) is 0 Å². The van der Waals surface area contributed by atoms with E-state index in [1.165, 1.54) is 19.3 Å². The Bertz CT molecular complexity index is 294. The van der Waals surface area contributed by atoms with Crippen LogP contribution in [0.5, 0.6) is 0 Å². The molecular formula is C11H17N3. The molecule has 1 heterocycles. The molecule has 1 aliphatic carbocycles. The molecule has 0 saturated heterocycles. The standard InChI is InChI=1S/C11H17N3/c1-2-10-6-11(14-8-13-10)12-7-9-4-3-5-9/h6,8-9H,2-5,7H2,1H3,(H,12,13,14). The third-order valence-electron chi connectivity index (χ3n) is 2.88. The summed E-state index contributed by atoms with van der Waals surface area (Å²) in [6.07, 6.45) is 6.76. The van der Waals surface area contributed by atoms with Crippen molar-refractivity contribution >= 4 is 5.82 Å². The Morgan fingerprint density at radius 2 is 2.29 bits per heavy atom. The summed E-state index contributed by atoms with van der Waals surface area (Å²) in [6.45, 7) is 3.18. The number of hydrogen-bond acceptors (Lipinski definition) is 3. The Kier molecular flexibility index (Phi) is 2.96. The summed E-state index contributed by atoms with van der Waals surface area (Å²) in [5, 5.41) is 3.37. The van der Waals surface area contributed by atoms with E-state index in [0.717, 1.165) is 30.4 Å².